The van der Waals surface area contributed by atoms with Crippen LogP contribution < -0.4 is 0 Å². The average molecular weight is 316 g/mol. The van der Waals surface area contributed by atoms with E-state index in [1.54, 1.807) is 12.4 Å². The molecule has 0 spiro atoms. The van der Waals surface area contributed by atoms with Gasteiger partial charge in [-0.15, -0.1) is 0 Å². The van der Waals surface area contributed by atoms with E-state index in [0.717, 1.165) is 21.5 Å². The molecule has 2 aromatic heterocycles. The minimum absolute atomic E-state index is 0.454. The van der Waals surface area contributed by atoms with E-state index >= 15 is 0 Å². The highest BCUT2D eigenvalue weighted by atomic mass is 16.3. The first-order valence-corrected chi connectivity index (χ1v) is 7.79. The fourth-order valence-electron chi connectivity index (χ4n) is 3.06. The van der Waals surface area contributed by atoms with Crippen LogP contribution in [0.3, 0.4) is 0 Å². The van der Waals surface area contributed by atoms with Crippen molar-refractivity contribution >= 4 is 21.5 Å². The molecule has 2 atom stereocenters. The van der Waals surface area contributed by atoms with E-state index in [9.17, 15) is 10.2 Å². The van der Waals surface area contributed by atoms with Gasteiger partial charge in [0.25, 0.3) is 0 Å². The van der Waals surface area contributed by atoms with Crippen LogP contribution in [0.25, 0.3) is 21.5 Å². The molecule has 2 aromatic carbocycles. The standard InChI is InChI=1S/C20H16N2O2/c23-19(17-15-7-3-1-5-13(15)9-11-21-17)20(24)18-16-8-4-2-6-14(16)10-12-22-18/h1-12,19-20,23-24H/t19-,20-/m1/s1. The van der Waals surface area contributed by atoms with Crippen molar-refractivity contribution in [1.29, 1.82) is 0 Å². The summed E-state index contributed by atoms with van der Waals surface area (Å²) in [4.78, 5) is 8.59. The number of fused-ring (bicyclic) bond motifs is 2. The van der Waals surface area contributed by atoms with Crippen LogP contribution in [0.15, 0.2) is 73.1 Å². The number of hydrogen-bond donors (Lipinski definition) is 2. The molecule has 0 aliphatic rings. The van der Waals surface area contributed by atoms with Crippen LogP contribution in [0.2, 0.25) is 0 Å². The Labute approximate surface area is 139 Å². The van der Waals surface area contributed by atoms with Gasteiger partial charge in [0.1, 0.15) is 12.2 Å². The Hall–Kier alpha value is -2.82. The van der Waals surface area contributed by atoms with Crippen molar-refractivity contribution in [2.75, 3.05) is 0 Å². The monoisotopic (exact) mass is 316 g/mol. The Morgan fingerprint density at radius 2 is 1.00 bits per heavy atom. The summed E-state index contributed by atoms with van der Waals surface area (Å²) in [6.07, 6.45) is 0.970. The summed E-state index contributed by atoms with van der Waals surface area (Å²) in [5.74, 6) is 0. The topological polar surface area (TPSA) is 66.2 Å². The third-order valence-electron chi connectivity index (χ3n) is 4.27. The summed E-state index contributed by atoms with van der Waals surface area (Å²) in [6, 6.07) is 19.1. The van der Waals surface area contributed by atoms with E-state index in [1.165, 1.54) is 0 Å². The molecule has 0 saturated heterocycles. The third-order valence-corrected chi connectivity index (χ3v) is 4.27. The van der Waals surface area contributed by atoms with Gasteiger partial charge in [-0.2, -0.15) is 0 Å². The molecule has 2 heterocycles. The Morgan fingerprint density at radius 1 is 0.583 bits per heavy atom. The summed E-state index contributed by atoms with van der Waals surface area (Å²) < 4.78 is 0. The molecular weight excluding hydrogens is 300 g/mol. The summed E-state index contributed by atoms with van der Waals surface area (Å²) in [7, 11) is 0. The Balaban J connectivity index is 1.82. The lowest BCUT2D eigenvalue weighted by molar-refractivity contribution is 0.0140. The Kier molecular flexibility index (Phi) is 3.69. The number of pyridine rings is 2. The highest BCUT2D eigenvalue weighted by Crippen LogP contribution is 2.33. The van der Waals surface area contributed by atoms with Gasteiger partial charge in [-0.05, 0) is 22.9 Å². The van der Waals surface area contributed by atoms with Crippen molar-refractivity contribution in [2.24, 2.45) is 0 Å². The van der Waals surface area contributed by atoms with E-state index < -0.39 is 12.2 Å². The lowest BCUT2D eigenvalue weighted by Gasteiger charge is -2.19. The minimum atomic E-state index is -1.16. The lowest BCUT2D eigenvalue weighted by Crippen LogP contribution is -2.14. The maximum absolute atomic E-state index is 10.7. The molecule has 4 nitrogen and oxygen atoms in total. The molecule has 0 amide bonds. The zero-order valence-corrected chi connectivity index (χ0v) is 12.9. The number of benzene rings is 2. The van der Waals surface area contributed by atoms with Crippen LogP contribution in [0.1, 0.15) is 23.6 Å². The second-order valence-corrected chi connectivity index (χ2v) is 5.72. The average Bonchev–Trinajstić information content (AvgIpc) is 2.66. The third kappa shape index (κ3) is 2.42. The van der Waals surface area contributed by atoms with E-state index in [0.29, 0.717) is 11.4 Å². The first kappa shape index (κ1) is 14.8. The van der Waals surface area contributed by atoms with Gasteiger partial charge in [0, 0.05) is 23.2 Å². The maximum atomic E-state index is 10.7. The lowest BCUT2D eigenvalue weighted by atomic mass is 9.98. The van der Waals surface area contributed by atoms with Crippen LogP contribution >= 0.6 is 0 Å². The zero-order valence-electron chi connectivity index (χ0n) is 12.9. The maximum Gasteiger partial charge on any atom is 0.128 e. The molecule has 4 heteroatoms. The number of aromatic nitrogens is 2. The largest absolute Gasteiger partial charge is 0.384 e. The SMILES string of the molecule is O[C@H](c1nccc2ccccc12)[C@H](O)c1nccc2ccccc12. The van der Waals surface area contributed by atoms with Crippen molar-refractivity contribution < 1.29 is 10.2 Å². The number of aliphatic hydroxyl groups is 2. The molecule has 24 heavy (non-hydrogen) atoms. The van der Waals surface area contributed by atoms with Crippen molar-refractivity contribution in [3.05, 3.63) is 84.4 Å². The molecular formula is C20H16N2O2. The second-order valence-electron chi connectivity index (χ2n) is 5.72. The first-order valence-electron chi connectivity index (χ1n) is 7.79. The summed E-state index contributed by atoms with van der Waals surface area (Å²) in [5, 5.41) is 25.1. The fourth-order valence-corrected chi connectivity index (χ4v) is 3.06. The fraction of sp³-hybridized carbons (Fsp3) is 0.100. The van der Waals surface area contributed by atoms with E-state index in [2.05, 4.69) is 9.97 Å². The van der Waals surface area contributed by atoms with Gasteiger partial charge in [0.2, 0.25) is 0 Å². The number of rotatable bonds is 3. The van der Waals surface area contributed by atoms with Gasteiger partial charge >= 0.3 is 0 Å². The van der Waals surface area contributed by atoms with E-state index in [4.69, 9.17) is 0 Å². The molecule has 118 valence electrons. The quantitative estimate of drug-likeness (QED) is 0.606. The molecule has 0 bridgehead atoms. The smallest absolute Gasteiger partial charge is 0.128 e. The second kappa shape index (κ2) is 6.00. The van der Waals surface area contributed by atoms with E-state index in [1.807, 2.05) is 60.7 Å². The van der Waals surface area contributed by atoms with Crippen molar-refractivity contribution in [1.82, 2.24) is 9.97 Å². The van der Waals surface area contributed by atoms with Crippen molar-refractivity contribution in [2.45, 2.75) is 12.2 Å². The van der Waals surface area contributed by atoms with Gasteiger partial charge in [-0.1, -0.05) is 48.5 Å². The van der Waals surface area contributed by atoms with Gasteiger partial charge in [-0.25, -0.2) is 0 Å². The first-order chi connectivity index (χ1) is 11.8. The minimum Gasteiger partial charge on any atom is -0.384 e. The molecule has 4 rings (SSSR count). The molecule has 0 unspecified atom stereocenters. The van der Waals surface area contributed by atoms with Crippen molar-refractivity contribution in [3.63, 3.8) is 0 Å². The highest BCUT2D eigenvalue weighted by molar-refractivity contribution is 5.86. The molecule has 4 aromatic rings. The van der Waals surface area contributed by atoms with Crippen LogP contribution in [-0.2, 0) is 0 Å². The number of aliphatic hydroxyl groups excluding tert-OH is 2. The predicted octanol–water partition coefficient (Wildman–Crippen LogP) is 3.55. The normalized spacial score (nSPS) is 13.9. The van der Waals surface area contributed by atoms with Crippen LogP contribution in [0, 0.1) is 0 Å². The van der Waals surface area contributed by atoms with Crippen LogP contribution in [0.5, 0.6) is 0 Å². The van der Waals surface area contributed by atoms with Crippen LogP contribution in [0.4, 0.5) is 0 Å². The van der Waals surface area contributed by atoms with E-state index in [-0.39, 0.29) is 0 Å². The predicted molar refractivity (Wildman–Crippen MR) is 93.4 cm³/mol. The number of nitrogens with zero attached hydrogens (tertiary/aromatic N) is 2. The van der Waals surface area contributed by atoms with Gasteiger partial charge in [0.15, 0.2) is 0 Å². The zero-order chi connectivity index (χ0) is 16.5. The summed E-state index contributed by atoms with van der Waals surface area (Å²) in [6.45, 7) is 0. The molecule has 0 saturated carbocycles. The summed E-state index contributed by atoms with van der Waals surface area (Å²) in [5.41, 5.74) is 0.908. The molecule has 0 fully saturated rings. The molecule has 0 aliphatic carbocycles. The molecule has 0 aliphatic heterocycles. The highest BCUT2D eigenvalue weighted by Gasteiger charge is 2.25. The Bertz CT molecular complexity index is 922. The molecule has 0 radical (unpaired) electrons. The van der Waals surface area contributed by atoms with Gasteiger partial charge in [0.05, 0.1) is 11.4 Å². The van der Waals surface area contributed by atoms with Gasteiger partial charge in [-0.3, -0.25) is 9.97 Å². The molecule has 2 N–H and O–H groups in total. The number of hydrogen-bond acceptors (Lipinski definition) is 4. The van der Waals surface area contributed by atoms with Crippen molar-refractivity contribution in [3.8, 4) is 0 Å². The Morgan fingerprint density at radius 3 is 1.46 bits per heavy atom. The summed E-state index contributed by atoms with van der Waals surface area (Å²) >= 11 is 0. The van der Waals surface area contributed by atoms with Crippen LogP contribution in [-0.4, -0.2) is 20.2 Å². The van der Waals surface area contributed by atoms with Gasteiger partial charge < -0.3 is 10.2 Å².